The first-order valence-corrected chi connectivity index (χ1v) is 5.97. The Morgan fingerprint density at radius 3 is 2.76 bits per heavy atom. The van der Waals surface area contributed by atoms with Crippen LogP contribution in [0.1, 0.15) is 23.7 Å². The van der Waals surface area contributed by atoms with Gasteiger partial charge in [-0.2, -0.15) is 0 Å². The predicted molar refractivity (Wildman–Crippen MR) is 65.8 cm³/mol. The number of amides is 1. The average Bonchev–Trinajstić information content (AvgIpc) is 2.28. The van der Waals surface area contributed by atoms with Crippen molar-refractivity contribution in [2.75, 3.05) is 13.1 Å². The van der Waals surface area contributed by atoms with E-state index in [0.29, 0.717) is 23.1 Å². The number of rotatable bonds is 5. The Hall–Kier alpha value is -1.43. The maximum atomic E-state index is 12.1. The molecular formula is C11H13BrN2O3. The van der Waals surface area contributed by atoms with E-state index in [-0.39, 0.29) is 12.5 Å². The molecule has 0 aliphatic rings. The molecule has 0 radical (unpaired) electrons. The van der Waals surface area contributed by atoms with Crippen LogP contribution < -0.4 is 0 Å². The molecule has 1 rings (SSSR count). The van der Waals surface area contributed by atoms with Crippen molar-refractivity contribution in [2.45, 2.75) is 13.3 Å². The van der Waals surface area contributed by atoms with E-state index >= 15 is 0 Å². The first-order chi connectivity index (χ1) is 8.06. The van der Waals surface area contributed by atoms with Gasteiger partial charge in [-0.05, 0) is 34.5 Å². The molecule has 0 spiro atoms. The maximum absolute atomic E-state index is 12.1. The minimum atomic E-state index is -1.02. The minimum Gasteiger partial charge on any atom is -0.480 e. The lowest BCUT2D eigenvalue weighted by Crippen LogP contribution is -2.36. The van der Waals surface area contributed by atoms with Crippen LogP contribution in [-0.4, -0.2) is 40.0 Å². The zero-order valence-electron chi connectivity index (χ0n) is 9.39. The number of hydrogen-bond donors (Lipinski definition) is 1. The highest BCUT2D eigenvalue weighted by molar-refractivity contribution is 9.10. The van der Waals surface area contributed by atoms with E-state index in [0.717, 1.165) is 0 Å². The molecule has 0 unspecified atom stereocenters. The van der Waals surface area contributed by atoms with Crippen LogP contribution in [0.5, 0.6) is 0 Å². The van der Waals surface area contributed by atoms with Gasteiger partial charge < -0.3 is 10.0 Å². The highest BCUT2D eigenvalue weighted by Gasteiger charge is 2.19. The van der Waals surface area contributed by atoms with Gasteiger partial charge in [0.1, 0.15) is 11.1 Å². The number of nitrogens with zero attached hydrogens (tertiary/aromatic N) is 2. The number of aromatic nitrogens is 1. The van der Waals surface area contributed by atoms with Crippen LogP contribution in [-0.2, 0) is 4.79 Å². The van der Waals surface area contributed by atoms with Gasteiger partial charge in [-0.3, -0.25) is 9.59 Å². The summed E-state index contributed by atoms with van der Waals surface area (Å²) in [6.07, 6.45) is 2.26. The second-order valence-electron chi connectivity index (χ2n) is 3.46. The molecule has 0 atom stereocenters. The molecule has 1 heterocycles. The lowest BCUT2D eigenvalue weighted by atomic mass is 10.2. The summed E-state index contributed by atoms with van der Waals surface area (Å²) in [6, 6.07) is 3.26. The van der Waals surface area contributed by atoms with Gasteiger partial charge in [0.15, 0.2) is 0 Å². The molecule has 92 valence electrons. The molecule has 17 heavy (non-hydrogen) atoms. The minimum absolute atomic E-state index is 0.298. The zero-order chi connectivity index (χ0) is 12.8. The molecule has 1 aromatic rings. The largest absolute Gasteiger partial charge is 0.480 e. The monoisotopic (exact) mass is 300 g/mol. The fourth-order valence-electron chi connectivity index (χ4n) is 1.40. The van der Waals surface area contributed by atoms with E-state index in [1.165, 1.54) is 4.90 Å². The Balaban J connectivity index is 2.91. The summed E-state index contributed by atoms with van der Waals surface area (Å²) >= 11 is 3.18. The molecule has 0 fully saturated rings. The van der Waals surface area contributed by atoms with E-state index in [4.69, 9.17) is 5.11 Å². The number of aliphatic carboxylic acids is 1. The topological polar surface area (TPSA) is 70.5 Å². The first-order valence-electron chi connectivity index (χ1n) is 5.17. The smallest absolute Gasteiger partial charge is 0.323 e. The van der Waals surface area contributed by atoms with Crippen LogP contribution in [0.4, 0.5) is 0 Å². The van der Waals surface area contributed by atoms with Crippen molar-refractivity contribution < 1.29 is 14.7 Å². The molecule has 0 aliphatic carbocycles. The molecular weight excluding hydrogens is 288 g/mol. The summed E-state index contributed by atoms with van der Waals surface area (Å²) < 4.78 is 0.427. The van der Waals surface area contributed by atoms with Gasteiger partial charge in [-0.15, -0.1) is 0 Å². The summed E-state index contributed by atoms with van der Waals surface area (Å²) in [4.78, 5) is 28.0. The second kappa shape index (κ2) is 6.34. The normalized spacial score (nSPS) is 10.0. The molecule has 1 amide bonds. The standard InChI is InChI=1S/C11H13BrN2O3/c1-2-6-14(7-9(15)16)11(17)8-4-3-5-13-10(8)12/h3-5H,2,6-7H2,1H3,(H,15,16). The molecule has 0 aliphatic heterocycles. The van der Waals surface area contributed by atoms with Gasteiger partial charge >= 0.3 is 5.97 Å². The van der Waals surface area contributed by atoms with Crippen LogP contribution in [0.15, 0.2) is 22.9 Å². The molecule has 1 aromatic heterocycles. The van der Waals surface area contributed by atoms with Crippen molar-refractivity contribution in [3.05, 3.63) is 28.5 Å². The van der Waals surface area contributed by atoms with Crippen molar-refractivity contribution in [3.63, 3.8) is 0 Å². The number of carboxylic acids is 1. The van der Waals surface area contributed by atoms with Crippen LogP contribution in [0, 0.1) is 0 Å². The van der Waals surface area contributed by atoms with Gasteiger partial charge in [0.2, 0.25) is 0 Å². The van der Waals surface area contributed by atoms with Crippen LogP contribution in [0.25, 0.3) is 0 Å². The number of halogens is 1. The number of carboxylic acid groups (broad SMARTS) is 1. The van der Waals surface area contributed by atoms with Gasteiger partial charge in [0.25, 0.3) is 5.91 Å². The van der Waals surface area contributed by atoms with Crippen LogP contribution in [0.2, 0.25) is 0 Å². The zero-order valence-corrected chi connectivity index (χ0v) is 11.0. The Bertz CT molecular complexity index is 423. The molecule has 0 saturated carbocycles. The second-order valence-corrected chi connectivity index (χ2v) is 4.21. The van der Waals surface area contributed by atoms with E-state index in [9.17, 15) is 9.59 Å². The predicted octanol–water partition coefficient (Wildman–Crippen LogP) is 1.78. The van der Waals surface area contributed by atoms with E-state index in [2.05, 4.69) is 20.9 Å². The van der Waals surface area contributed by atoms with E-state index in [1.54, 1.807) is 18.3 Å². The summed E-state index contributed by atoms with van der Waals surface area (Å²) in [5.41, 5.74) is 0.377. The third-order valence-corrected chi connectivity index (χ3v) is 2.73. The van der Waals surface area contributed by atoms with E-state index in [1.807, 2.05) is 6.92 Å². The number of pyridine rings is 1. The summed E-state index contributed by atoms with van der Waals surface area (Å²) in [5, 5.41) is 8.75. The Labute approximate surface area is 108 Å². The Kier molecular flexibility index (Phi) is 5.09. The van der Waals surface area contributed by atoms with Gasteiger partial charge in [-0.25, -0.2) is 4.98 Å². The number of carbonyl (C=O) groups excluding carboxylic acids is 1. The quantitative estimate of drug-likeness (QED) is 0.842. The highest BCUT2D eigenvalue weighted by Crippen LogP contribution is 2.15. The third-order valence-electron chi connectivity index (χ3n) is 2.10. The lowest BCUT2D eigenvalue weighted by molar-refractivity contribution is -0.137. The number of hydrogen-bond acceptors (Lipinski definition) is 3. The first kappa shape index (κ1) is 13.6. The number of carbonyl (C=O) groups is 2. The maximum Gasteiger partial charge on any atom is 0.323 e. The molecule has 5 nitrogen and oxygen atoms in total. The van der Waals surface area contributed by atoms with E-state index < -0.39 is 5.97 Å². The third kappa shape index (κ3) is 3.81. The molecule has 0 aromatic carbocycles. The lowest BCUT2D eigenvalue weighted by Gasteiger charge is -2.20. The summed E-state index contributed by atoms with van der Waals surface area (Å²) in [6.45, 7) is 2.00. The Morgan fingerprint density at radius 1 is 1.53 bits per heavy atom. The summed E-state index contributed by atoms with van der Waals surface area (Å²) in [7, 11) is 0. The molecule has 1 N–H and O–H groups in total. The SMILES string of the molecule is CCCN(CC(=O)O)C(=O)c1cccnc1Br. The van der Waals surface area contributed by atoms with Crippen molar-refractivity contribution in [1.82, 2.24) is 9.88 Å². The van der Waals surface area contributed by atoms with Crippen molar-refractivity contribution in [2.24, 2.45) is 0 Å². The average molecular weight is 301 g/mol. The van der Waals surface area contributed by atoms with Crippen molar-refractivity contribution in [1.29, 1.82) is 0 Å². The Morgan fingerprint density at radius 2 is 2.24 bits per heavy atom. The van der Waals surface area contributed by atoms with Gasteiger partial charge in [-0.1, -0.05) is 6.92 Å². The molecule has 0 bridgehead atoms. The van der Waals surface area contributed by atoms with Crippen molar-refractivity contribution >= 4 is 27.8 Å². The van der Waals surface area contributed by atoms with Crippen LogP contribution >= 0.6 is 15.9 Å². The molecule has 6 heteroatoms. The van der Waals surface area contributed by atoms with Crippen molar-refractivity contribution in [3.8, 4) is 0 Å². The van der Waals surface area contributed by atoms with Gasteiger partial charge in [0.05, 0.1) is 5.56 Å². The highest BCUT2D eigenvalue weighted by atomic mass is 79.9. The fraction of sp³-hybridized carbons (Fsp3) is 0.364. The molecule has 0 saturated heterocycles. The van der Waals surface area contributed by atoms with Gasteiger partial charge in [0, 0.05) is 12.7 Å². The van der Waals surface area contributed by atoms with Crippen LogP contribution in [0.3, 0.4) is 0 Å². The summed E-state index contributed by atoms with van der Waals surface area (Å²) in [5.74, 6) is -1.35. The fourth-order valence-corrected chi connectivity index (χ4v) is 1.82.